The number of hydrogen-bond acceptors (Lipinski definition) is 6. The van der Waals surface area contributed by atoms with Crippen molar-refractivity contribution >= 4 is 50.6 Å². The lowest BCUT2D eigenvalue weighted by Gasteiger charge is -2.34. The summed E-state index contributed by atoms with van der Waals surface area (Å²) in [6, 6.07) is 12.5. The highest BCUT2D eigenvalue weighted by Gasteiger charge is 2.21. The summed E-state index contributed by atoms with van der Waals surface area (Å²) >= 11 is 5.24. The van der Waals surface area contributed by atoms with Gasteiger partial charge in [-0.1, -0.05) is 18.2 Å². The molecule has 1 fully saturated rings. The van der Waals surface area contributed by atoms with Gasteiger partial charge in [0.15, 0.2) is 0 Å². The second-order valence-corrected chi connectivity index (χ2v) is 9.44. The number of piperazine rings is 1. The third kappa shape index (κ3) is 4.46. The molecule has 26 heavy (non-hydrogen) atoms. The zero-order valence-electron chi connectivity index (χ0n) is 14.5. The molecule has 0 bridgehead atoms. The van der Waals surface area contributed by atoms with Crippen molar-refractivity contribution in [1.29, 1.82) is 0 Å². The Kier molecular flexibility index (Phi) is 5.89. The number of thiophene rings is 1. The van der Waals surface area contributed by atoms with Crippen LogP contribution in [-0.2, 0) is 17.1 Å². The molecular formula is C19H21N3OS3. The van der Waals surface area contributed by atoms with Gasteiger partial charge in [0.05, 0.1) is 22.5 Å². The minimum Gasteiger partial charge on any atom is -0.339 e. The highest BCUT2D eigenvalue weighted by Crippen LogP contribution is 2.23. The molecule has 4 nitrogen and oxygen atoms in total. The topological polar surface area (TPSA) is 36.4 Å². The number of nitrogens with zero attached hydrogens (tertiary/aromatic N) is 3. The molecular weight excluding hydrogens is 382 g/mol. The van der Waals surface area contributed by atoms with Crippen LogP contribution in [0.3, 0.4) is 0 Å². The first-order valence-electron chi connectivity index (χ1n) is 8.72. The molecule has 1 saturated heterocycles. The number of amides is 1. The van der Waals surface area contributed by atoms with E-state index in [0.29, 0.717) is 5.75 Å². The van der Waals surface area contributed by atoms with Crippen molar-refractivity contribution in [3.63, 3.8) is 0 Å². The Morgan fingerprint density at radius 1 is 1.12 bits per heavy atom. The molecule has 1 aliphatic heterocycles. The fraction of sp³-hybridized carbons (Fsp3) is 0.368. The van der Waals surface area contributed by atoms with Crippen LogP contribution in [0.1, 0.15) is 9.88 Å². The van der Waals surface area contributed by atoms with E-state index in [9.17, 15) is 4.79 Å². The van der Waals surface area contributed by atoms with E-state index in [2.05, 4.69) is 40.6 Å². The van der Waals surface area contributed by atoms with Crippen LogP contribution >= 0.6 is 34.4 Å². The van der Waals surface area contributed by atoms with Crippen LogP contribution in [0.15, 0.2) is 41.8 Å². The summed E-state index contributed by atoms with van der Waals surface area (Å²) in [5.41, 5.74) is 1.09. The van der Waals surface area contributed by atoms with Gasteiger partial charge in [-0.15, -0.1) is 34.4 Å². The van der Waals surface area contributed by atoms with E-state index in [1.165, 1.54) is 9.58 Å². The normalized spacial score (nSPS) is 15.6. The van der Waals surface area contributed by atoms with E-state index >= 15 is 0 Å². The first-order chi connectivity index (χ1) is 12.8. The second-order valence-electron chi connectivity index (χ2n) is 6.30. The van der Waals surface area contributed by atoms with Crippen molar-refractivity contribution in [2.24, 2.45) is 0 Å². The molecule has 3 aromatic rings. The molecule has 7 heteroatoms. The fourth-order valence-corrected chi connectivity index (χ4v) is 5.84. The third-order valence-corrected chi connectivity index (χ3v) is 7.52. The van der Waals surface area contributed by atoms with Gasteiger partial charge in [-0.25, -0.2) is 4.98 Å². The molecule has 0 atom stereocenters. The number of thioether (sulfide) groups is 1. The van der Waals surface area contributed by atoms with Gasteiger partial charge in [-0.3, -0.25) is 9.69 Å². The van der Waals surface area contributed by atoms with E-state index in [1.54, 1.807) is 34.4 Å². The van der Waals surface area contributed by atoms with Crippen LogP contribution in [-0.4, -0.2) is 52.6 Å². The number of carbonyl (C=O) groups is 1. The number of thiazole rings is 1. The summed E-state index contributed by atoms with van der Waals surface area (Å²) in [4.78, 5) is 22.9. The van der Waals surface area contributed by atoms with Crippen LogP contribution < -0.4 is 0 Å². The Labute approximate surface area is 165 Å². The van der Waals surface area contributed by atoms with E-state index in [4.69, 9.17) is 4.98 Å². The lowest BCUT2D eigenvalue weighted by atomic mass is 10.3. The zero-order valence-corrected chi connectivity index (χ0v) is 16.9. The average molecular weight is 404 g/mol. The fourth-order valence-electron chi connectivity index (χ4n) is 3.06. The molecule has 3 heterocycles. The smallest absolute Gasteiger partial charge is 0.232 e. The molecule has 136 valence electrons. The first kappa shape index (κ1) is 18.0. The number of hydrogen-bond donors (Lipinski definition) is 0. The van der Waals surface area contributed by atoms with Crippen molar-refractivity contribution in [2.45, 2.75) is 12.3 Å². The number of para-hydroxylation sites is 1. The van der Waals surface area contributed by atoms with Crippen LogP contribution in [0.5, 0.6) is 0 Å². The number of carbonyl (C=O) groups excluding carboxylic acids is 1. The maximum Gasteiger partial charge on any atom is 0.232 e. The van der Waals surface area contributed by atoms with Crippen molar-refractivity contribution in [1.82, 2.24) is 14.8 Å². The van der Waals surface area contributed by atoms with Gasteiger partial charge in [-0.2, -0.15) is 0 Å². The summed E-state index contributed by atoms with van der Waals surface area (Å²) in [5, 5.41) is 3.25. The first-order valence-corrected chi connectivity index (χ1v) is 11.6. The minimum atomic E-state index is 0.270. The molecule has 0 aliphatic carbocycles. The summed E-state index contributed by atoms with van der Waals surface area (Å²) < 4.78 is 1.25. The number of fused-ring (bicyclic) bond motifs is 1. The van der Waals surface area contributed by atoms with Gasteiger partial charge >= 0.3 is 0 Å². The van der Waals surface area contributed by atoms with E-state index in [0.717, 1.165) is 49.0 Å². The van der Waals surface area contributed by atoms with Crippen molar-refractivity contribution in [3.05, 3.63) is 51.7 Å². The van der Waals surface area contributed by atoms with Crippen molar-refractivity contribution in [2.75, 3.05) is 31.9 Å². The van der Waals surface area contributed by atoms with Gasteiger partial charge < -0.3 is 4.90 Å². The monoisotopic (exact) mass is 403 g/mol. The van der Waals surface area contributed by atoms with Crippen LogP contribution in [0.4, 0.5) is 0 Å². The molecule has 0 radical (unpaired) electrons. The maximum atomic E-state index is 12.4. The zero-order chi connectivity index (χ0) is 17.8. The Morgan fingerprint density at radius 3 is 2.73 bits per heavy atom. The third-order valence-electron chi connectivity index (χ3n) is 4.47. The SMILES string of the molecule is O=C(CSCc1cccs1)N1CCN(Cc2nc3ccccc3s2)CC1. The molecule has 1 aliphatic rings. The maximum absolute atomic E-state index is 12.4. The predicted molar refractivity (Wildman–Crippen MR) is 112 cm³/mol. The Hall–Kier alpha value is -1.41. The molecule has 0 unspecified atom stereocenters. The summed E-state index contributed by atoms with van der Waals surface area (Å²) in [5.74, 6) is 1.78. The minimum absolute atomic E-state index is 0.270. The second kappa shape index (κ2) is 8.52. The highest BCUT2D eigenvalue weighted by atomic mass is 32.2. The van der Waals surface area contributed by atoms with Gasteiger partial charge in [0.1, 0.15) is 5.01 Å². The summed E-state index contributed by atoms with van der Waals surface area (Å²) in [7, 11) is 0. The molecule has 2 aromatic heterocycles. The predicted octanol–water partition coefficient (Wildman–Crippen LogP) is 3.94. The molecule has 0 spiro atoms. The lowest BCUT2D eigenvalue weighted by Crippen LogP contribution is -2.48. The molecule has 0 N–H and O–H groups in total. The Bertz CT molecular complexity index is 821. The molecule has 1 amide bonds. The van der Waals surface area contributed by atoms with Gasteiger partial charge in [-0.05, 0) is 23.6 Å². The van der Waals surface area contributed by atoms with Gasteiger partial charge in [0, 0.05) is 36.8 Å². The largest absolute Gasteiger partial charge is 0.339 e. The number of rotatable bonds is 6. The average Bonchev–Trinajstić information content (AvgIpc) is 3.31. The van der Waals surface area contributed by atoms with Crippen LogP contribution in [0, 0.1) is 0 Å². The van der Waals surface area contributed by atoms with Crippen molar-refractivity contribution in [3.8, 4) is 0 Å². The summed E-state index contributed by atoms with van der Waals surface area (Å²) in [6.45, 7) is 4.38. The Morgan fingerprint density at radius 2 is 1.96 bits per heavy atom. The van der Waals surface area contributed by atoms with Gasteiger partial charge in [0.2, 0.25) is 5.91 Å². The standard InChI is InChI=1S/C19H21N3OS3/c23-19(14-24-13-15-4-3-11-25-15)22-9-7-21(8-10-22)12-18-20-16-5-1-2-6-17(16)26-18/h1-6,11H,7-10,12-14H2. The number of benzene rings is 1. The van der Waals surface area contributed by atoms with E-state index < -0.39 is 0 Å². The quantitative estimate of drug-likeness (QED) is 0.625. The molecule has 1 aromatic carbocycles. The van der Waals surface area contributed by atoms with Gasteiger partial charge in [0.25, 0.3) is 0 Å². The highest BCUT2D eigenvalue weighted by molar-refractivity contribution is 7.99. The number of aromatic nitrogens is 1. The van der Waals surface area contributed by atoms with Crippen LogP contribution in [0.2, 0.25) is 0 Å². The van der Waals surface area contributed by atoms with Crippen molar-refractivity contribution < 1.29 is 4.79 Å². The van der Waals surface area contributed by atoms with E-state index in [-0.39, 0.29) is 5.91 Å². The van der Waals surface area contributed by atoms with E-state index in [1.807, 2.05) is 11.0 Å². The Balaban J connectivity index is 1.22. The molecule has 4 rings (SSSR count). The molecule has 0 saturated carbocycles. The lowest BCUT2D eigenvalue weighted by molar-refractivity contribution is -0.130. The summed E-state index contributed by atoms with van der Waals surface area (Å²) in [6.07, 6.45) is 0. The van der Waals surface area contributed by atoms with Crippen LogP contribution in [0.25, 0.3) is 10.2 Å².